The molecule has 12 aromatic rings. The SMILES string of the molecule is [Si]c1ccc(-c2ccccc2)c2c1Nc1ccccc1S2.c1ccc(-c2cccc3c2Sc2ccccc2N3)cc1.c1ccc(-c2cccc3c2Sc2ccccc2N3)cc1.c1ccc(-c2cccc3c2Sc2ccccc2N3)cc1. The number of para-hydroxylation sites is 4. The van der Waals surface area contributed by atoms with E-state index in [0.29, 0.717) is 0 Å². The van der Waals surface area contributed by atoms with E-state index in [1.807, 2.05) is 47.0 Å². The van der Waals surface area contributed by atoms with E-state index in [9.17, 15) is 0 Å². The normalized spacial score (nSPS) is 12.2. The third-order valence-electron chi connectivity index (χ3n) is 14.0. The Labute approximate surface area is 494 Å². The van der Waals surface area contributed by atoms with E-state index in [-0.39, 0.29) is 0 Å². The monoisotopic (exact) mass is 1130 g/mol. The highest BCUT2D eigenvalue weighted by molar-refractivity contribution is 8.00. The summed E-state index contributed by atoms with van der Waals surface area (Å²) in [5, 5.41) is 15.2. The van der Waals surface area contributed by atoms with Crippen LogP contribution in [-0.4, -0.2) is 10.2 Å². The Morgan fingerprint density at radius 3 is 0.802 bits per heavy atom. The third kappa shape index (κ3) is 11.3. The zero-order chi connectivity index (χ0) is 54.3. The summed E-state index contributed by atoms with van der Waals surface area (Å²) in [6.45, 7) is 0. The van der Waals surface area contributed by atoms with Crippen molar-refractivity contribution in [3.63, 3.8) is 0 Å². The Morgan fingerprint density at radius 1 is 0.210 bits per heavy atom. The van der Waals surface area contributed by atoms with Crippen molar-refractivity contribution in [2.75, 3.05) is 21.3 Å². The van der Waals surface area contributed by atoms with Gasteiger partial charge in [-0.15, -0.1) is 0 Å². The van der Waals surface area contributed by atoms with Crippen molar-refractivity contribution in [1.29, 1.82) is 0 Å². The summed E-state index contributed by atoms with van der Waals surface area (Å²) in [5.41, 5.74) is 19.6. The lowest BCUT2D eigenvalue weighted by atomic mass is 10.0. The number of nitrogens with one attached hydrogen (secondary N) is 4. The Morgan fingerprint density at radius 2 is 0.469 bits per heavy atom. The van der Waals surface area contributed by atoms with Crippen molar-refractivity contribution in [2.45, 2.75) is 39.2 Å². The molecule has 0 saturated carbocycles. The lowest BCUT2D eigenvalue weighted by molar-refractivity contribution is 1.31. The van der Waals surface area contributed by atoms with Crippen LogP contribution in [0.15, 0.2) is 324 Å². The highest BCUT2D eigenvalue weighted by Gasteiger charge is 2.23. The van der Waals surface area contributed by atoms with Crippen LogP contribution in [0.1, 0.15) is 0 Å². The second kappa shape index (κ2) is 24.0. The largest absolute Gasteiger partial charge is 0.354 e. The average molecular weight is 1130 g/mol. The molecular formula is C72H51N4S4Si. The van der Waals surface area contributed by atoms with Crippen LogP contribution < -0.4 is 26.5 Å². The van der Waals surface area contributed by atoms with Gasteiger partial charge in [0, 0.05) is 39.2 Å². The van der Waals surface area contributed by atoms with Crippen molar-refractivity contribution >= 4 is 108 Å². The molecule has 0 atom stereocenters. The molecule has 81 heavy (non-hydrogen) atoms. The lowest BCUT2D eigenvalue weighted by Crippen LogP contribution is -2.14. The first-order valence-electron chi connectivity index (χ1n) is 26.7. The number of hydrogen-bond acceptors (Lipinski definition) is 8. The first-order valence-corrected chi connectivity index (χ1v) is 30.5. The standard InChI is InChI=1S/C18H12NSSi.3C18H13NS/c21-16-11-10-13(12-6-2-1-3-7-12)18-17(16)19-14-8-4-5-9-15(14)20-18;3*1-2-7-13(8-3-1)14-9-6-11-16-18(14)20-17-12-5-4-10-15(17)19-16/h1-11,19H;3*1-12,19H. The van der Waals surface area contributed by atoms with E-state index in [2.05, 4.69) is 317 Å². The molecule has 0 unspecified atom stereocenters. The summed E-state index contributed by atoms with van der Waals surface area (Å²) >= 11 is 7.35. The molecule has 0 fully saturated rings. The first-order chi connectivity index (χ1) is 40.1. The number of rotatable bonds is 4. The maximum absolute atomic E-state index is 3.72. The van der Waals surface area contributed by atoms with E-state index in [1.54, 1.807) is 0 Å². The van der Waals surface area contributed by atoms with Gasteiger partial charge in [0.1, 0.15) is 0 Å². The Hall–Kier alpha value is -8.54. The van der Waals surface area contributed by atoms with Crippen molar-refractivity contribution in [3.8, 4) is 44.5 Å². The second-order valence-electron chi connectivity index (χ2n) is 19.3. The van der Waals surface area contributed by atoms with Gasteiger partial charge in [-0.05, 0) is 116 Å². The minimum Gasteiger partial charge on any atom is -0.354 e. The van der Waals surface area contributed by atoms with Crippen LogP contribution in [0.2, 0.25) is 0 Å². The molecule has 9 heteroatoms. The molecule has 12 aromatic carbocycles. The van der Waals surface area contributed by atoms with Gasteiger partial charge in [-0.3, -0.25) is 0 Å². The maximum Gasteiger partial charge on any atom is 0.0741 e. The molecule has 387 valence electrons. The zero-order valence-corrected chi connectivity index (χ0v) is 48.0. The number of fused-ring (bicyclic) bond motifs is 8. The van der Waals surface area contributed by atoms with Crippen LogP contribution in [0, 0.1) is 0 Å². The van der Waals surface area contributed by atoms with E-state index >= 15 is 0 Å². The van der Waals surface area contributed by atoms with Crippen LogP contribution in [-0.2, 0) is 0 Å². The predicted molar refractivity (Wildman–Crippen MR) is 348 cm³/mol. The van der Waals surface area contributed by atoms with Crippen molar-refractivity contribution in [2.24, 2.45) is 0 Å². The van der Waals surface area contributed by atoms with Gasteiger partial charge in [0.2, 0.25) is 0 Å². The third-order valence-corrected chi connectivity index (χ3v) is 19.3. The molecule has 16 rings (SSSR count). The van der Waals surface area contributed by atoms with Gasteiger partial charge < -0.3 is 21.3 Å². The van der Waals surface area contributed by atoms with Crippen LogP contribution >= 0.6 is 47.0 Å². The van der Waals surface area contributed by atoms with Crippen molar-refractivity contribution in [3.05, 3.63) is 285 Å². The molecule has 4 N–H and O–H groups in total. The van der Waals surface area contributed by atoms with Gasteiger partial charge in [-0.2, -0.15) is 0 Å². The average Bonchev–Trinajstić information content (AvgIpc) is 3.62. The van der Waals surface area contributed by atoms with Crippen LogP contribution in [0.25, 0.3) is 44.5 Å². The van der Waals surface area contributed by atoms with Gasteiger partial charge in [-0.1, -0.05) is 265 Å². The fraction of sp³-hybridized carbons (Fsp3) is 0. The summed E-state index contributed by atoms with van der Waals surface area (Å²) in [4.78, 5) is 10.3. The van der Waals surface area contributed by atoms with Gasteiger partial charge in [-0.25, -0.2) is 0 Å². The first kappa shape index (κ1) is 51.9. The Balaban J connectivity index is 0.000000102. The van der Waals surface area contributed by atoms with Crippen LogP contribution in [0.5, 0.6) is 0 Å². The molecule has 0 aliphatic carbocycles. The summed E-state index contributed by atoms with van der Waals surface area (Å²) < 4.78 is 0. The minimum absolute atomic E-state index is 1.09. The summed E-state index contributed by atoms with van der Waals surface area (Å²) in [6.07, 6.45) is 0. The molecule has 4 aliphatic rings. The van der Waals surface area contributed by atoms with Gasteiger partial charge >= 0.3 is 0 Å². The van der Waals surface area contributed by atoms with Crippen LogP contribution in [0.3, 0.4) is 0 Å². The summed E-state index contributed by atoms with van der Waals surface area (Å²) in [7, 11) is 3.72. The van der Waals surface area contributed by atoms with Crippen LogP contribution in [0.4, 0.5) is 45.5 Å². The molecule has 3 radical (unpaired) electrons. The minimum atomic E-state index is 1.09. The molecule has 0 bridgehead atoms. The summed E-state index contributed by atoms with van der Waals surface area (Å²) in [5.74, 6) is 0. The summed E-state index contributed by atoms with van der Waals surface area (Å²) in [6, 6.07) is 99.6. The van der Waals surface area contributed by atoms with Gasteiger partial charge in [0.05, 0.1) is 55.7 Å². The topological polar surface area (TPSA) is 48.1 Å². The molecule has 0 aromatic heterocycles. The Kier molecular flexibility index (Phi) is 15.4. The smallest absolute Gasteiger partial charge is 0.0741 e. The fourth-order valence-electron chi connectivity index (χ4n) is 10.1. The van der Waals surface area contributed by atoms with E-state index in [0.717, 1.165) is 10.9 Å². The lowest BCUT2D eigenvalue weighted by Gasteiger charge is -2.25. The maximum atomic E-state index is 3.72. The van der Waals surface area contributed by atoms with Gasteiger partial charge in [0.15, 0.2) is 0 Å². The van der Waals surface area contributed by atoms with Crippen molar-refractivity contribution < 1.29 is 0 Å². The van der Waals surface area contributed by atoms with Gasteiger partial charge in [0.25, 0.3) is 0 Å². The van der Waals surface area contributed by atoms with Crippen molar-refractivity contribution in [1.82, 2.24) is 0 Å². The molecule has 4 heterocycles. The number of benzene rings is 12. The quantitative estimate of drug-likeness (QED) is 0.130. The molecule has 0 spiro atoms. The number of hydrogen-bond donors (Lipinski definition) is 4. The highest BCUT2D eigenvalue weighted by Crippen LogP contribution is 2.52. The van der Waals surface area contributed by atoms with E-state index in [1.165, 1.54) is 123 Å². The molecular weight excluding hydrogens is 1080 g/mol. The molecule has 4 aliphatic heterocycles. The Bertz CT molecular complexity index is 3880. The zero-order valence-electron chi connectivity index (χ0n) is 43.8. The fourth-order valence-corrected chi connectivity index (χ4v) is 15.0. The molecule has 0 amide bonds. The highest BCUT2D eigenvalue weighted by atomic mass is 32.2. The molecule has 4 nitrogen and oxygen atoms in total. The van der Waals surface area contributed by atoms with E-state index < -0.39 is 0 Å². The molecule has 0 saturated heterocycles. The predicted octanol–water partition coefficient (Wildman–Crippen LogP) is 21.0. The number of anilines is 8. The van der Waals surface area contributed by atoms with E-state index in [4.69, 9.17) is 0 Å². The second-order valence-corrected chi connectivity index (χ2v) is 24.0.